The summed E-state index contributed by atoms with van der Waals surface area (Å²) < 4.78 is 12.5. The molecule has 0 saturated carbocycles. The molecule has 0 amide bonds. The van der Waals surface area contributed by atoms with Crippen LogP contribution in [0, 0.1) is 0 Å². The number of ether oxygens (including phenoxy) is 2. The van der Waals surface area contributed by atoms with Crippen LogP contribution in [0.15, 0.2) is 22.7 Å². The zero-order valence-corrected chi connectivity index (χ0v) is 14.5. The van der Waals surface area contributed by atoms with Gasteiger partial charge < -0.3 is 19.7 Å². The summed E-state index contributed by atoms with van der Waals surface area (Å²) in [6, 6.07) is 6.64. The van der Waals surface area contributed by atoms with E-state index in [0.29, 0.717) is 6.04 Å². The van der Waals surface area contributed by atoms with Crippen molar-refractivity contribution in [1.82, 2.24) is 10.2 Å². The minimum Gasteiger partial charge on any atom is -0.493 e. The summed E-state index contributed by atoms with van der Waals surface area (Å²) >= 11 is 3.50. The second kappa shape index (κ2) is 8.73. The average molecular weight is 357 g/mol. The molecular formula is C16H25BrN2O2. The Kier molecular flexibility index (Phi) is 6.96. The molecular weight excluding hydrogens is 332 g/mol. The summed E-state index contributed by atoms with van der Waals surface area (Å²) in [6.07, 6.45) is 2.18. The maximum atomic E-state index is 5.82. The van der Waals surface area contributed by atoms with E-state index in [1.807, 2.05) is 0 Å². The predicted octanol–water partition coefficient (Wildman–Crippen LogP) is 2.83. The van der Waals surface area contributed by atoms with Gasteiger partial charge in [-0.05, 0) is 39.1 Å². The van der Waals surface area contributed by atoms with Crippen molar-refractivity contribution >= 4 is 15.9 Å². The molecule has 0 spiro atoms. The van der Waals surface area contributed by atoms with Crippen LogP contribution in [0.25, 0.3) is 0 Å². The monoisotopic (exact) mass is 356 g/mol. The molecule has 1 aromatic carbocycles. The first kappa shape index (κ1) is 16.7. The van der Waals surface area contributed by atoms with Crippen LogP contribution in [0.1, 0.15) is 24.4 Å². The average Bonchev–Trinajstić information content (AvgIpc) is 2.64. The van der Waals surface area contributed by atoms with Crippen LogP contribution in [-0.2, 0) is 4.74 Å². The third-order valence-electron chi connectivity index (χ3n) is 3.57. The molecule has 0 bridgehead atoms. The smallest absolute Gasteiger partial charge is 0.125 e. The fourth-order valence-corrected chi connectivity index (χ4v) is 2.75. The molecule has 118 valence electrons. The van der Waals surface area contributed by atoms with E-state index in [0.717, 1.165) is 56.0 Å². The van der Waals surface area contributed by atoms with Gasteiger partial charge in [0.25, 0.3) is 0 Å². The molecule has 1 unspecified atom stereocenters. The SMILES string of the molecule is CN(C)CCOCCNC1CCCOc2cc(Br)ccc21. The maximum Gasteiger partial charge on any atom is 0.125 e. The number of fused-ring (bicyclic) bond motifs is 1. The van der Waals surface area contributed by atoms with Crippen molar-refractivity contribution in [3.8, 4) is 5.75 Å². The van der Waals surface area contributed by atoms with Crippen molar-refractivity contribution in [2.45, 2.75) is 18.9 Å². The molecule has 2 rings (SSSR count). The van der Waals surface area contributed by atoms with E-state index >= 15 is 0 Å². The van der Waals surface area contributed by atoms with E-state index in [1.165, 1.54) is 5.56 Å². The van der Waals surface area contributed by atoms with Gasteiger partial charge in [-0.2, -0.15) is 0 Å². The van der Waals surface area contributed by atoms with Crippen LogP contribution in [0.2, 0.25) is 0 Å². The van der Waals surface area contributed by atoms with Crippen LogP contribution >= 0.6 is 15.9 Å². The lowest BCUT2D eigenvalue weighted by Gasteiger charge is -2.19. The third kappa shape index (κ3) is 5.58. The van der Waals surface area contributed by atoms with Gasteiger partial charge >= 0.3 is 0 Å². The van der Waals surface area contributed by atoms with Crippen molar-refractivity contribution in [2.75, 3.05) is 47.0 Å². The maximum absolute atomic E-state index is 5.82. The third-order valence-corrected chi connectivity index (χ3v) is 4.06. The summed E-state index contributed by atoms with van der Waals surface area (Å²) in [5, 5.41) is 3.59. The number of nitrogens with zero attached hydrogens (tertiary/aromatic N) is 1. The lowest BCUT2D eigenvalue weighted by Crippen LogP contribution is -2.26. The molecule has 1 aliphatic rings. The van der Waals surface area contributed by atoms with E-state index in [9.17, 15) is 0 Å². The van der Waals surface area contributed by atoms with Gasteiger partial charge in [0, 0.05) is 29.2 Å². The van der Waals surface area contributed by atoms with E-state index < -0.39 is 0 Å². The van der Waals surface area contributed by atoms with Crippen LogP contribution in [0.3, 0.4) is 0 Å². The largest absolute Gasteiger partial charge is 0.493 e. The first-order valence-corrected chi connectivity index (χ1v) is 8.34. The lowest BCUT2D eigenvalue weighted by molar-refractivity contribution is 0.117. The van der Waals surface area contributed by atoms with E-state index in [4.69, 9.17) is 9.47 Å². The number of halogens is 1. The molecule has 0 radical (unpaired) electrons. The van der Waals surface area contributed by atoms with E-state index in [-0.39, 0.29) is 0 Å². The first-order valence-electron chi connectivity index (χ1n) is 7.55. The van der Waals surface area contributed by atoms with Gasteiger partial charge in [0.1, 0.15) is 5.75 Å². The quantitative estimate of drug-likeness (QED) is 0.761. The molecule has 0 fully saturated rings. The summed E-state index contributed by atoms with van der Waals surface area (Å²) in [5.74, 6) is 0.993. The highest BCUT2D eigenvalue weighted by molar-refractivity contribution is 9.10. The fraction of sp³-hybridized carbons (Fsp3) is 0.625. The van der Waals surface area contributed by atoms with Crippen molar-refractivity contribution < 1.29 is 9.47 Å². The number of likely N-dealkylation sites (N-methyl/N-ethyl adjacent to an activating group) is 1. The first-order chi connectivity index (χ1) is 10.2. The molecule has 21 heavy (non-hydrogen) atoms. The topological polar surface area (TPSA) is 33.7 Å². The van der Waals surface area contributed by atoms with Crippen LogP contribution in [0.4, 0.5) is 0 Å². The molecule has 0 saturated heterocycles. The molecule has 1 aromatic rings. The minimum atomic E-state index is 0.355. The zero-order chi connectivity index (χ0) is 15.1. The highest BCUT2D eigenvalue weighted by Crippen LogP contribution is 2.33. The van der Waals surface area contributed by atoms with Gasteiger partial charge in [-0.1, -0.05) is 22.0 Å². The highest BCUT2D eigenvalue weighted by Gasteiger charge is 2.19. The molecule has 0 aromatic heterocycles. The Morgan fingerprint density at radius 2 is 2.24 bits per heavy atom. The fourth-order valence-electron chi connectivity index (χ4n) is 2.41. The molecule has 0 aliphatic carbocycles. The Labute approximate surface area is 135 Å². The molecule has 4 nitrogen and oxygen atoms in total. The summed E-state index contributed by atoms with van der Waals surface area (Å²) in [5.41, 5.74) is 1.25. The van der Waals surface area contributed by atoms with E-state index in [1.54, 1.807) is 0 Å². The van der Waals surface area contributed by atoms with Crippen LogP contribution in [-0.4, -0.2) is 51.9 Å². The Bertz CT molecular complexity index is 440. The number of benzene rings is 1. The summed E-state index contributed by atoms with van der Waals surface area (Å²) in [7, 11) is 4.12. The number of nitrogens with one attached hydrogen (secondary N) is 1. The Hall–Kier alpha value is -0.620. The molecule has 5 heteroatoms. The number of hydrogen-bond donors (Lipinski definition) is 1. The van der Waals surface area contributed by atoms with Gasteiger partial charge in [0.05, 0.1) is 19.8 Å². The van der Waals surface area contributed by atoms with E-state index in [2.05, 4.69) is 58.4 Å². The summed E-state index contributed by atoms with van der Waals surface area (Å²) in [6.45, 7) is 4.16. The van der Waals surface area contributed by atoms with Gasteiger partial charge in [0.2, 0.25) is 0 Å². The Morgan fingerprint density at radius 1 is 1.38 bits per heavy atom. The van der Waals surface area contributed by atoms with Gasteiger partial charge in [-0.15, -0.1) is 0 Å². The normalized spacial score (nSPS) is 18.2. The molecule has 1 atom stereocenters. The number of hydrogen-bond acceptors (Lipinski definition) is 4. The van der Waals surface area contributed by atoms with Crippen LogP contribution in [0.5, 0.6) is 5.75 Å². The van der Waals surface area contributed by atoms with Gasteiger partial charge in [-0.3, -0.25) is 0 Å². The number of rotatable bonds is 7. The standard InChI is InChI=1S/C16H25BrN2O2/c1-19(2)8-11-20-10-7-18-15-4-3-9-21-16-12-13(17)5-6-14(15)16/h5-6,12,15,18H,3-4,7-11H2,1-2H3. The molecule has 1 aliphatic heterocycles. The Morgan fingerprint density at radius 3 is 3.05 bits per heavy atom. The van der Waals surface area contributed by atoms with Crippen molar-refractivity contribution in [2.24, 2.45) is 0 Å². The second-order valence-corrected chi connectivity index (χ2v) is 6.51. The molecule has 1 N–H and O–H groups in total. The van der Waals surface area contributed by atoms with Gasteiger partial charge in [0.15, 0.2) is 0 Å². The molecule has 1 heterocycles. The zero-order valence-electron chi connectivity index (χ0n) is 12.9. The Balaban J connectivity index is 1.80. The lowest BCUT2D eigenvalue weighted by atomic mass is 10.0. The van der Waals surface area contributed by atoms with Gasteiger partial charge in [-0.25, -0.2) is 0 Å². The van der Waals surface area contributed by atoms with Crippen molar-refractivity contribution in [3.63, 3.8) is 0 Å². The predicted molar refractivity (Wildman–Crippen MR) is 89.0 cm³/mol. The second-order valence-electron chi connectivity index (χ2n) is 5.60. The van der Waals surface area contributed by atoms with Crippen LogP contribution < -0.4 is 10.1 Å². The summed E-state index contributed by atoms with van der Waals surface area (Å²) in [4.78, 5) is 2.13. The highest BCUT2D eigenvalue weighted by atomic mass is 79.9. The van der Waals surface area contributed by atoms with Crippen molar-refractivity contribution in [1.29, 1.82) is 0 Å². The minimum absolute atomic E-state index is 0.355. The van der Waals surface area contributed by atoms with Crippen molar-refractivity contribution in [3.05, 3.63) is 28.2 Å².